The van der Waals surface area contributed by atoms with Crippen LogP contribution < -0.4 is 0 Å². The molecule has 5 fully saturated rings. The van der Waals surface area contributed by atoms with Crippen molar-refractivity contribution in [1.29, 1.82) is 0 Å². The normalized spacial score (nSPS) is 46.9. The van der Waals surface area contributed by atoms with Crippen LogP contribution in [0.25, 0.3) is 0 Å². The molecule has 1 saturated heterocycles. The van der Waals surface area contributed by atoms with E-state index in [1.807, 2.05) is 0 Å². The van der Waals surface area contributed by atoms with Crippen LogP contribution in [0.2, 0.25) is 18.1 Å². The minimum Gasteiger partial charge on any atom is -0.414 e. The van der Waals surface area contributed by atoms with Crippen molar-refractivity contribution in [3.63, 3.8) is 0 Å². The van der Waals surface area contributed by atoms with E-state index in [1.165, 1.54) is 0 Å². The first kappa shape index (κ1) is 27.5. The Hall–Kier alpha value is -0.0231. The summed E-state index contributed by atoms with van der Waals surface area (Å²) in [5.74, 6) is -1.44. The summed E-state index contributed by atoms with van der Waals surface area (Å²) in [4.78, 5) is 0. The Labute approximate surface area is 219 Å². The van der Waals surface area contributed by atoms with Gasteiger partial charge in [-0.25, -0.2) is 0 Å². The van der Waals surface area contributed by atoms with Crippen LogP contribution >= 0.6 is 0 Å². The van der Waals surface area contributed by atoms with Crippen LogP contribution in [0.3, 0.4) is 0 Å². The summed E-state index contributed by atoms with van der Waals surface area (Å²) >= 11 is 0. The average Bonchev–Trinajstić information content (AvgIpc) is 3.32. The molecule has 1 heterocycles. The number of ether oxygens (including phenoxy) is 2. The molecule has 3 N–H and O–H groups in total. The molecule has 0 aromatic carbocycles. The number of fused-ring (bicyclic) bond motifs is 5. The molecule has 4 aliphatic carbocycles. The van der Waals surface area contributed by atoms with Crippen molar-refractivity contribution in [1.82, 2.24) is 0 Å². The zero-order valence-corrected chi connectivity index (χ0v) is 25.0. The first-order valence-corrected chi connectivity index (χ1v) is 17.4. The zero-order valence-electron chi connectivity index (χ0n) is 24.0. The van der Waals surface area contributed by atoms with Gasteiger partial charge < -0.3 is 29.2 Å². The summed E-state index contributed by atoms with van der Waals surface area (Å²) in [5, 5.41) is 33.6. The summed E-state index contributed by atoms with van der Waals surface area (Å²) in [6.45, 7) is 19.1. The van der Waals surface area contributed by atoms with E-state index in [4.69, 9.17) is 13.9 Å². The maximum Gasteiger partial charge on any atom is 0.192 e. The lowest BCUT2D eigenvalue weighted by Gasteiger charge is -2.66. The molecule has 0 aromatic heterocycles. The molecule has 9 atom stereocenters. The smallest absolute Gasteiger partial charge is 0.192 e. The molecule has 4 saturated carbocycles. The van der Waals surface area contributed by atoms with Crippen LogP contribution in [0.1, 0.15) is 86.5 Å². The Morgan fingerprint density at radius 2 is 1.56 bits per heavy atom. The molecular formula is C29H52O6Si. The van der Waals surface area contributed by atoms with E-state index in [0.717, 1.165) is 44.9 Å². The Balaban J connectivity index is 1.56. The van der Waals surface area contributed by atoms with Crippen molar-refractivity contribution < 1.29 is 29.2 Å². The van der Waals surface area contributed by atoms with Crippen LogP contribution in [-0.4, -0.2) is 60.6 Å². The Morgan fingerprint density at radius 3 is 2.14 bits per heavy atom. The van der Waals surface area contributed by atoms with Gasteiger partial charge in [0.25, 0.3) is 0 Å². The van der Waals surface area contributed by atoms with E-state index in [9.17, 15) is 15.3 Å². The number of rotatable bonds is 3. The molecule has 1 aliphatic heterocycles. The van der Waals surface area contributed by atoms with E-state index in [0.29, 0.717) is 19.1 Å². The second kappa shape index (κ2) is 8.49. The number of hydrogen-bond donors (Lipinski definition) is 3. The van der Waals surface area contributed by atoms with E-state index < -0.39 is 26.0 Å². The van der Waals surface area contributed by atoms with E-state index in [-0.39, 0.29) is 45.6 Å². The summed E-state index contributed by atoms with van der Waals surface area (Å²) in [6.07, 6.45) is 5.70. The van der Waals surface area contributed by atoms with Crippen molar-refractivity contribution in [3.8, 4) is 0 Å². The van der Waals surface area contributed by atoms with E-state index >= 15 is 0 Å². The standard InChI is InChI=1S/C29H52O6Si/c1-25(2,3)36(7,8)35-21-17-27(5)19(9-10-22(27)28(6,31)32)23-20(30)15-18-16-29(33-13-14-34-29)12-11-26(18,4)24(21)23/h18-24,30-32H,9-17H2,1-8H3/t18?,19?,20-,21+,22?,23?,24?,26-,27-/m0/s1. The summed E-state index contributed by atoms with van der Waals surface area (Å²) in [6, 6.07) is 0. The van der Waals surface area contributed by atoms with Gasteiger partial charge in [0.2, 0.25) is 0 Å². The quantitative estimate of drug-likeness (QED) is 0.353. The van der Waals surface area contributed by atoms with Crippen LogP contribution in [-0.2, 0) is 13.9 Å². The minimum atomic E-state index is -2.11. The van der Waals surface area contributed by atoms with Gasteiger partial charge in [-0.2, -0.15) is 0 Å². The highest BCUT2D eigenvalue weighted by Crippen LogP contribution is 2.70. The van der Waals surface area contributed by atoms with Crippen molar-refractivity contribution >= 4 is 8.32 Å². The molecule has 7 heteroatoms. The van der Waals surface area contributed by atoms with Gasteiger partial charge >= 0.3 is 0 Å². The second-order valence-electron chi connectivity index (χ2n) is 15.4. The summed E-state index contributed by atoms with van der Waals surface area (Å²) in [5.41, 5.74) is -0.233. The van der Waals surface area contributed by atoms with Crippen LogP contribution in [0, 0.1) is 40.4 Å². The summed E-state index contributed by atoms with van der Waals surface area (Å²) < 4.78 is 19.6. The largest absolute Gasteiger partial charge is 0.414 e. The van der Waals surface area contributed by atoms with E-state index in [2.05, 4.69) is 47.7 Å². The molecule has 1 spiro atoms. The highest BCUT2D eigenvalue weighted by molar-refractivity contribution is 6.74. The molecule has 0 radical (unpaired) electrons. The van der Waals surface area contributed by atoms with E-state index in [1.54, 1.807) is 6.92 Å². The number of aliphatic hydroxyl groups excluding tert-OH is 1. The maximum atomic E-state index is 11.9. The number of hydrogen-bond acceptors (Lipinski definition) is 6. The van der Waals surface area contributed by atoms with Gasteiger partial charge in [-0.1, -0.05) is 34.6 Å². The lowest BCUT2D eigenvalue weighted by molar-refractivity contribution is -0.267. The Morgan fingerprint density at radius 1 is 0.917 bits per heavy atom. The van der Waals surface area contributed by atoms with Gasteiger partial charge in [0.05, 0.1) is 19.3 Å². The highest BCUT2D eigenvalue weighted by atomic mass is 28.4. The maximum absolute atomic E-state index is 11.9. The lowest BCUT2D eigenvalue weighted by Crippen LogP contribution is -2.66. The van der Waals surface area contributed by atoms with Gasteiger partial charge in [-0.3, -0.25) is 0 Å². The van der Waals surface area contributed by atoms with Crippen LogP contribution in [0.5, 0.6) is 0 Å². The molecule has 0 aromatic rings. The molecule has 6 nitrogen and oxygen atoms in total. The highest BCUT2D eigenvalue weighted by Gasteiger charge is 2.69. The first-order chi connectivity index (χ1) is 16.4. The van der Waals surface area contributed by atoms with Gasteiger partial charge in [-0.15, -0.1) is 0 Å². The van der Waals surface area contributed by atoms with Crippen molar-refractivity contribution in [2.75, 3.05) is 13.2 Å². The molecule has 0 bridgehead atoms. The Bertz CT molecular complexity index is 842. The van der Waals surface area contributed by atoms with Gasteiger partial charge in [-0.05, 0) is 91.7 Å². The monoisotopic (exact) mass is 524 g/mol. The van der Waals surface area contributed by atoms with Gasteiger partial charge in [0.15, 0.2) is 19.9 Å². The Kier molecular flexibility index (Phi) is 6.49. The predicted octanol–water partition coefficient (Wildman–Crippen LogP) is 5.06. The third-order valence-corrected chi connectivity index (χ3v) is 16.8. The van der Waals surface area contributed by atoms with Gasteiger partial charge in [0.1, 0.15) is 0 Å². The third-order valence-electron chi connectivity index (χ3n) is 12.3. The molecular weight excluding hydrogens is 472 g/mol. The van der Waals surface area contributed by atoms with Crippen molar-refractivity contribution in [3.05, 3.63) is 0 Å². The first-order valence-electron chi connectivity index (χ1n) is 14.5. The van der Waals surface area contributed by atoms with Crippen molar-refractivity contribution in [2.24, 2.45) is 40.4 Å². The molecule has 36 heavy (non-hydrogen) atoms. The topological polar surface area (TPSA) is 88.4 Å². The van der Waals surface area contributed by atoms with Gasteiger partial charge in [0, 0.05) is 24.9 Å². The molecule has 5 aliphatic rings. The average molecular weight is 525 g/mol. The van der Waals surface area contributed by atoms with Crippen LogP contribution in [0.15, 0.2) is 0 Å². The fourth-order valence-electron chi connectivity index (χ4n) is 9.56. The molecule has 5 unspecified atom stereocenters. The molecule has 208 valence electrons. The fraction of sp³-hybridized carbons (Fsp3) is 1.00. The summed E-state index contributed by atoms with van der Waals surface area (Å²) in [7, 11) is -2.11. The predicted molar refractivity (Wildman–Crippen MR) is 142 cm³/mol. The fourth-order valence-corrected chi connectivity index (χ4v) is 10.9. The lowest BCUT2D eigenvalue weighted by atomic mass is 9.43. The van der Waals surface area contributed by atoms with Crippen molar-refractivity contribution in [2.45, 2.75) is 128 Å². The zero-order chi connectivity index (χ0) is 26.5. The second-order valence-corrected chi connectivity index (χ2v) is 20.1. The SMILES string of the molecule is CC(O)(O)C1CCC2C3C([C@H](O[Si](C)(C)C(C)(C)C)C[C@@]21C)[C@@]1(C)CCC2(CC1C[C@@H]3O)OCCO2. The molecule has 0 amide bonds. The van der Waals surface area contributed by atoms with Crippen LogP contribution in [0.4, 0.5) is 0 Å². The third kappa shape index (κ3) is 4.10. The minimum absolute atomic E-state index is 0.00186. The molecule has 5 rings (SSSR count). The number of aliphatic hydroxyl groups is 3.